The lowest BCUT2D eigenvalue weighted by atomic mass is 10.1. The van der Waals surface area contributed by atoms with E-state index < -0.39 is 11.7 Å². The molecule has 2 N–H and O–H groups in total. The second-order valence-electron chi connectivity index (χ2n) is 9.12. The van der Waals surface area contributed by atoms with Crippen LogP contribution in [0.2, 0.25) is 0 Å². The lowest BCUT2D eigenvalue weighted by Gasteiger charge is -2.34. The second kappa shape index (κ2) is 8.81. The Hall–Kier alpha value is -3.08. The van der Waals surface area contributed by atoms with Crippen LogP contribution in [0.1, 0.15) is 33.6 Å². The summed E-state index contributed by atoms with van der Waals surface area (Å²) in [6.45, 7) is 7.61. The third-order valence-corrected chi connectivity index (χ3v) is 5.39. The van der Waals surface area contributed by atoms with Gasteiger partial charge < -0.3 is 29.7 Å². The molecule has 32 heavy (non-hydrogen) atoms. The Morgan fingerprint density at radius 3 is 2.75 bits per heavy atom. The van der Waals surface area contributed by atoms with Crippen molar-refractivity contribution >= 4 is 29.7 Å². The number of nitrogens with one attached hydrogen (secondary N) is 2. The fraction of sp³-hybridized carbons (Fsp3) is 0.619. The van der Waals surface area contributed by atoms with Crippen LogP contribution >= 0.6 is 0 Å². The predicted octanol–water partition coefficient (Wildman–Crippen LogP) is 1.73. The van der Waals surface area contributed by atoms with Crippen molar-refractivity contribution in [1.29, 1.82) is 0 Å². The van der Waals surface area contributed by atoms with Gasteiger partial charge in [0.2, 0.25) is 0 Å². The Morgan fingerprint density at radius 2 is 2.03 bits per heavy atom. The molecule has 1 unspecified atom stereocenters. The Balaban J connectivity index is 1.25. The van der Waals surface area contributed by atoms with Crippen LogP contribution in [0.15, 0.2) is 12.1 Å². The molecular formula is C21H29N5O6. The van der Waals surface area contributed by atoms with Gasteiger partial charge in [-0.2, -0.15) is 0 Å². The van der Waals surface area contributed by atoms with Crippen LogP contribution in [-0.4, -0.2) is 78.5 Å². The molecule has 2 saturated heterocycles. The molecule has 0 spiro atoms. The molecule has 3 aliphatic rings. The van der Waals surface area contributed by atoms with Crippen molar-refractivity contribution < 1.29 is 28.6 Å². The Bertz CT molecular complexity index is 893. The van der Waals surface area contributed by atoms with E-state index >= 15 is 0 Å². The maximum atomic E-state index is 12.4. The summed E-state index contributed by atoms with van der Waals surface area (Å²) >= 11 is 0. The van der Waals surface area contributed by atoms with Crippen molar-refractivity contribution in [2.75, 3.05) is 43.0 Å². The van der Waals surface area contributed by atoms with Gasteiger partial charge in [-0.05, 0) is 45.7 Å². The highest BCUT2D eigenvalue weighted by Gasteiger charge is 2.35. The van der Waals surface area contributed by atoms with E-state index in [1.54, 1.807) is 17.0 Å². The van der Waals surface area contributed by atoms with Crippen LogP contribution in [0.5, 0.6) is 5.75 Å². The molecule has 3 amide bonds. The number of hydrogen-bond acceptors (Lipinski definition) is 8. The number of piperidine rings is 1. The van der Waals surface area contributed by atoms with Crippen molar-refractivity contribution in [3.8, 4) is 5.75 Å². The summed E-state index contributed by atoms with van der Waals surface area (Å²) in [7, 11) is 0. The molecule has 0 saturated carbocycles. The number of carbonyl (C=O) groups is 3. The predicted molar refractivity (Wildman–Crippen MR) is 115 cm³/mol. The van der Waals surface area contributed by atoms with Gasteiger partial charge in [0, 0.05) is 25.7 Å². The summed E-state index contributed by atoms with van der Waals surface area (Å²) in [6.07, 6.45) is 0.517. The zero-order chi connectivity index (χ0) is 22.9. The SMILES string of the molecule is CC(C)(C)OC(=O)N1CCC(NCC2CN(c3ccc4c(n3)NC(=O)CO4)C(=O)O2)CC1. The van der Waals surface area contributed by atoms with Crippen LogP contribution < -0.4 is 20.3 Å². The fourth-order valence-electron chi connectivity index (χ4n) is 3.81. The van der Waals surface area contributed by atoms with E-state index in [9.17, 15) is 14.4 Å². The summed E-state index contributed by atoms with van der Waals surface area (Å²) in [4.78, 5) is 43.6. The van der Waals surface area contributed by atoms with Gasteiger partial charge in [0.15, 0.2) is 18.2 Å². The summed E-state index contributed by atoms with van der Waals surface area (Å²) in [5, 5.41) is 6.08. The van der Waals surface area contributed by atoms with Gasteiger partial charge in [0.25, 0.3) is 5.91 Å². The number of cyclic esters (lactones) is 1. The molecule has 1 aromatic heterocycles. The van der Waals surface area contributed by atoms with Crippen LogP contribution in [-0.2, 0) is 14.3 Å². The number of likely N-dealkylation sites (tertiary alicyclic amines) is 1. The van der Waals surface area contributed by atoms with Crippen molar-refractivity contribution in [3.05, 3.63) is 12.1 Å². The second-order valence-corrected chi connectivity index (χ2v) is 9.12. The first kappa shape index (κ1) is 22.1. The molecule has 4 rings (SSSR count). The standard InChI is InChI=1S/C21H29N5O6/c1-21(2,3)32-19(28)25-8-6-13(7-9-25)22-10-14-11-26(20(29)31-14)16-5-4-15-18(23-16)24-17(27)12-30-15/h4-5,13-14,22H,6-12H2,1-3H3,(H,23,24,27). The number of aromatic nitrogens is 1. The van der Waals surface area contributed by atoms with E-state index in [0.717, 1.165) is 12.8 Å². The minimum atomic E-state index is -0.504. The van der Waals surface area contributed by atoms with Gasteiger partial charge in [-0.3, -0.25) is 9.69 Å². The smallest absolute Gasteiger partial charge is 0.416 e. The number of carbonyl (C=O) groups excluding carboxylic acids is 3. The number of hydrogen-bond donors (Lipinski definition) is 2. The highest BCUT2D eigenvalue weighted by molar-refractivity contribution is 5.95. The monoisotopic (exact) mass is 447 g/mol. The highest BCUT2D eigenvalue weighted by Crippen LogP contribution is 2.30. The van der Waals surface area contributed by atoms with Gasteiger partial charge in [-0.15, -0.1) is 0 Å². The van der Waals surface area contributed by atoms with E-state index in [1.807, 2.05) is 20.8 Å². The molecular weight excluding hydrogens is 418 g/mol. The van der Waals surface area contributed by atoms with Gasteiger partial charge in [-0.1, -0.05) is 0 Å². The zero-order valence-electron chi connectivity index (χ0n) is 18.6. The van der Waals surface area contributed by atoms with Crippen molar-refractivity contribution in [3.63, 3.8) is 0 Å². The number of fused-ring (bicyclic) bond motifs is 1. The summed E-state index contributed by atoms with van der Waals surface area (Å²) in [5.41, 5.74) is -0.504. The van der Waals surface area contributed by atoms with E-state index in [2.05, 4.69) is 15.6 Å². The van der Waals surface area contributed by atoms with Crippen LogP contribution in [0.3, 0.4) is 0 Å². The Kier molecular flexibility index (Phi) is 6.09. The fourth-order valence-corrected chi connectivity index (χ4v) is 3.81. The van der Waals surface area contributed by atoms with E-state index in [1.165, 1.54) is 4.90 Å². The lowest BCUT2D eigenvalue weighted by molar-refractivity contribution is -0.118. The van der Waals surface area contributed by atoms with Gasteiger partial charge in [0.05, 0.1) is 6.54 Å². The first-order valence-electron chi connectivity index (χ1n) is 10.8. The summed E-state index contributed by atoms with van der Waals surface area (Å²) < 4.78 is 16.2. The van der Waals surface area contributed by atoms with Crippen LogP contribution in [0, 0.1) is 0 Å². The molecule has 0 aromatic carbocycles. The maximum absolute atomic E-state index is 12.4. The van der Waals surface area contributed by atoms with Crippen LogP contribution in [0.4, 0.5) is 21.2 Å². The topological polar surface area (TPSA) is 122 Å². The molecule has 0 aliphatic carbocycles. The largest absolute Gasteiger partial charge is 0.480 e. The van der Waals surface area contributed by atoms with Crippen molar-refractivity contribution in [1.82, 2.24) is 15.2 Å². The van der Waals surface area contributed by atoms with E-state index in [0.29, 0.717) is 43.6 Å². The summed E-state index contributed by atoms with van der Waals surface area (Å²) in [5.74, 6) is 0.875. The van der Waals surface area contributed by atoms with Crippen molar-refractivity contribution in [2.24, 2.45) is 0 Å². The number of ether oxygens (including phenoxy) is 3. The molecule has 11 heteroatoms. The summed E-state index contributed by atoms with van der Waals surface area (Å²) in [6, 6.07) is 3.57. The minimum absolute atomic E-state index is 0.0514. The number of amides is 3. The van der Waals surface area contributed by atoms with Gasteiger partial charge in [-0.25, -0.2) is 14.6 Å². The van der Waals surface area contributed by atoms with Gasteiger partial charge in [0.1, 0.15) is 17.5 Å². The average Bonchev–Trinajstić information content (AvgIpc) is 3.11. The molecule has 4 heterocycles. The van der Waals surface area contributed by atoms with E-state index in [-0.39, 0.29) is 30.8 Å². The number of nitrogens with zero attached hydrogens (tertiary/aromatic N) is 3. The van der Waals surface area contributed by atoms with Crippen molar-refractivity contribution in [2.45, 2.75) is 51.4 Å². The highest BCUT2D eigenvalue weighted by atomic mass is 16.6. The molecule has 174 valence electrons. The quantitative estimate of drug-likeness (QED) is 0.716. The average molecular weight is 447 g/mol. The molecule has 0 bridgehead atoms. The molecule has 1 aromatic rings. The molecule has 2 fully saturated rings. The normalized spacial score (nSPS) is 21.5. The minimum Gasteiger partial charge on any atom is -0.480 e. The van der Waals surface area contributed by atoms with E-state index in [4.69, 9.17) is 14.2 Å². The first-order valence-corrected chi connectivity index (χ1v) is 10.8. The van der Waals surface area contributed by atoms with Crippen LogP contribution in [0.25, 0.3) is 0 Å². The molecule has 11 nitrogen and oxygen atoms in total. The third-order valence-electron chi connectivity index (χ3n) is 5.39. The molecule has 0 radical (unpaired) electrons. The molecule has 3 aliphatic heterocycles. The molecule has 1 atom stereocenters. The maximum Gasteiger partial charge on any atom is 0.416 e. The Labute approximate surface area is 186 Å². The first-order chi connectivity index (χ1) is 15.2. The number of anilines is 2. The zero-order valence-corrected chi connectivity index (χ0v) is 18.6. The number of rotatable bonds is 4. The lowest BCUT2D eigenvalue weighted by Crippen LogP contribution is -2.48. The van der Waals surface area contributed by atoms with Gasteiger partial charge >= 0.3 is 12.2 Å². The Morgan fingerprint density at radius 1 is 1.28 bits per heavy atom. The third kappa shape index (κ3) is 5.21. The number of pyridine rings is 1.